The van der Waals surface area contributed by atoms with Crippen LogP contribution in [0.5, 0.6) is 0 Å². The molecule has 0 fully saturated rings. The number of hydrogen-bond acceptors (Lipinski definition) is 2. The maximum absolute atomic E-state index is 2.52. The van der Waals surface area contributed by atoms with Gasteiger partial charge in [-0.2, -0.15) is 0 Å². The van der Waals surface area contributed by atoms with Gasteiger partial charge < -0.3 is 1.43 Å². The number of hydrogen-bond donors (Lipinski definition) is 0. The van der Waals surface area contributed by atoms with E-state index in [1.54, 1.807) is 0 Å². The molecule has 0 aromatic rings. The quantitative estimate of drug-likeness (QED) is 0.557. The average molecular weight is 172 g/mol. The Balaban J connectivity index is 0. The molecule has 0 aliphatic rings. The van der Waals surface area contributed by atoms with Crippen molar-refractivity contribution in [1.29, 1.82) is 0 Å². The van der Waals surface area contributed by atoms with Crippen LogP contribution in [0.4, 0.5) is 0 Å². The Hall–Kier alpha value is 0.452. The molecule has 0 aliphatic heterocycles. The molecule has 0 rings (SSSR count). The molecule has 0 saturated carbocycles. The Bertz CT molecular complexity index is 75.1. The second kappa shape index (κ2) is 7.12. The summed E-state index contributed by atoms with van der Waals surface area (Å²) < 4.78 is 5.04. The predicted molar refractivity (Wildman–Crippen MR) is 52.7 cm³/mol. The molecule has 3 heteroatoms. The van der Waals surface area contributed by atoms with Gasteiger partial charge in [0.15, 0.2) is 0 Å². The molecule has 0 amide bonds. The standard InChI is InChI=1S/2C4H10N.Al.H/c2*1-3-5-4-2;;/h2*3-4H2,1-2H3;;/q2*-1;+3;-1. The third kappa shape index (κ3) is 4.82. The van der Waals surface area contributed by atoms with Crippen molar-refractivity contribution in [2.45, 2.75) is 27.7 Å². The third-order valence-corrected chi connectivity index (χ3v) is 4.07. The Morgan fingerprint density at radius 1 is 0.818 bits per heavy atom. The Morgan fingerprint density at radius 3 is 1.27 bits per heavy atom. The van der Waals surface area contributed by atoms with Gasteiger partial charge in [0.2, 0.25) is 0 Å². The zero-order valence-corrected chi connectivity index (χ0v) is 9.45. The molecule has 0 unspecified atom stereocenters. The minimum Gasteiger partial charge on any atom is -1.00 e. The fraction of sp³-hybridized carbons (Fsp3) is 1.00. The molecule has 0 bridgehead atoms. The molecule has 0 N–H and O–H groups in total. The first-order valence-electron chi connectivity index (χ1n) is 4.61. The maximum Gasteiger partial charge on any atom is -1.00 e. The summed E-state index contributed by atoms with van der Waals surface area (Å²) in [5.41, 5.74) is 0. The van der Waals surface area contributed by atoms with Gasteiger partial charge in [-0.15, -0.1) is 0 Å². The largest absolute Gasteiger partial charge is 1.00 e. The molecular weight excluding hydrogens is 151 g/mol. The van der Waals surface area contributed by atoms with Crippen LogP contribution in [0, 0.1) is 0 Å². The molecule has 0 saturated heterocycles. The first kappa shape index (κ1) is 11.5. The summed E-state index contributed by atoms with van der Waals surface area (Å²) >= 11 is 0.394. The molecule has 0 aromatic heterocycles. The van der Waals surface area contributed by atoms with Crippen molar-refractivity contribution in [3.63, 3.8) is 0 Å². The van der Waals surface area contributed by atoms with Crippen LogP contribution in [0.25, 0.3) is 0 Å². The SMILES string of the molecule is CC[N](CC)[Al+][N](CC)CC.[H-]. The normalized spacial score (nSPS) is 10.7. The van der Waals surface area contributed by atoms with Crippen LogP contribution in [0.15, 0.2) is 0 Å². The van der Waals surface area contributed by atoms with Gasteiger partial charge in [-0.05, 0) is 0 Å². The maximum atomic E-state index is 2.52. The van der Waals surface area contributed by atoms with E-state index in [-0.39, 0.29) is 1.43 Å². The van der Waals surface area contributed by atoms with Crippen LogP contribution in [-0.4, -0.2) is 49.6 Å². The number of nitrogens with zero attached hydrogens (tertiary/aromatic N) is 2. The summed E-state index contributed by atoms with van der Waals surface area (Å²) in [6.07, 6.45) is 0. The first-order chi connectivity index (χ1) is 5.28. The zero-order valence-electron chi connectivity index (χ0n) is 9.30. The van der Waals surface area contributed by atoms with Crippen molar-refractivity contribution in [2.24, 2.45) is 0 Å². The zero-order chi connectivity index (χ0) is 8.69. The summed E-state index contributed by atoms with van der Waals surface area (Å²) in [6.45, 7) is 13.7. The second-order valence-electron chi connectivity index (χ2n) is 2.56. The fourth-order valence-electron chi connectivity index (χ4n) is 1.00. The van der Waals surface area contributed by atoms with Crippen molar-refractivity contribution < 1.29 is 1.43 Å². The first-order valence-corrected chi connectivity index (χ1v) is 5.64. The van der Waals surface area contributed by atoms with E-state index in [9.17, 15) is 0 Å². The molecular formula is C8H21AlN2. The van der Waals surface area contributed by atoms with Crippen molar-refractivity contribution in [3.05, 3.63) is 0 Å². The molecule has 2 nitrogen and oxygen atoms in total. The Labute approximate surface area is 79.2 Å². The monoisotopic (exact) mass is 172 g/mol. The van der Waals surface area contributed by atoms with Crippen molar-refractivity contribution in [1.82, 2.24) is 7.77 Å². The van der Waals surface area contributed by atoms with E-state index in [0.29, 0.717) is 15.7 Å². The molecule has 66 valence electrons. The van der Waals surface area contributed by atoms with Gasteiger partial charge in [0, 0.05) is 0 Å². The summed E-state index contributed by atoms with van der Waals surface area (Å²) in [6, 6.07) is 0. The van der Waals surface area contributed by atoms with Gasteiger partial charge >= 0.3 is 77.3 Å². The second-order valence-corrected chi connectivity index (χ2v) is 4.25. The topological polar surface area (TPSA) is 6.48 Å². The number of rotatable bonds is 6. The smallest absolute Gasteiger partial charge is 1.00 e. The van der Waals surface area contributed by atoms with Gasteiger partial charge in [0.1, 0.15) is 0 Å². The summed E-state index contributed by atoms with van der Waals surface area (Å²) in [7, 11) is 0. The molecule has 0 spiro atoms. The molecule has 0 atom stereocenters. The average Bonchev–Trinajstić information content (AvgIpc) is 2.07. The van der Waals surface area contributed by atoms with E-state index in [0.717, 1.165) is 0 Å². The van der Waals surface area contributed by atoms with Gasteiger partial charge in [-0.3, -0.25) is 0 Å². The molecule has 0 aromatic carbocycles. The summed E-state index contributed by atoms with van der Waals surface area (Å²) in [5.74, 6) is 0. The van der Waals surface area contributed by atoms with Gasteiger partial charge in [0.05, 0.1) is 0 Å². The molecule has 0 radical (unpaired) electrons. The minimum absolute atomic E-state index is 0. The molecule has 0 aliphatic carbocycles. The van der Waals surface area contributed by atoms with Crippen LogP contribution >= 0.6 is 0 Å². The van der Waals surface area contributed by atoms with Crippen LogP contribution in [0.2, 0.25) is 0 Å². The predicted octanol–water partition coefficient (Wildman–Crippen LogP) is 1.32. The van der Waals surface area contributed by atoms with Gasteiger partial charge in [-0.1, -0.05) is 0 Å². The van der Waals surface area contributed by atoms with E-state index >= 15 is 0 Å². The third-order valence-electron chi connectivity index (χ3n) is 1.95. The van der Waals surface area contributed by atoms with E-state index < -0.39 is 0 Å². The minimum atomic E-state index is 0. The van der Waals surface area contributed by atoms with E-state index in [4.69, 9.17) is 0 Å². The van der Waals surface area contributed by atoms with Crippen molar-refractivity contribution in [2.75, 3.05) is 26.2 Å². The van der Waals surface area contributed by atoms with Crippen molar-refractivity contribution >= 4 is 15.7 Å². The van der Waals surface area contributed by atoms with E-state index in [1.807, 2.05) is 0 Å². The van der Waals surface area contributed by atoms with Gasteiger partial charge in [0.25, 0.3) is 0 Å². The Morgan fingerprint density at radius 2 is 1.09 bits per heavy atom. The van der Waals surface area contributed by atoms with Crippen LogP contribution in [-0.2, 0) is 0 Å². The van der Waals surface area contributed by atoms with Crippen LogP contribution < -0.4 is 0 Å². The summed E-state index contributed by atoms with van der Waals surface area (Å²) in [5, 5.41) is 0. The van der Waals surface area contributed by atoms with E-state index in [2.05, 4.69) is 35.5 Å². The summed E-state index contributed by atoms with van der Waals surface area (Å²) in [4.78, 5) is 0. The van der Waals surface area contributed by atoms with Gasteiger partial charge in [-0.25, -0.2) is 0 Å². The van der Waals surface area contributed by atoms with E-state index in [1.165, 1.54) is 26.2 Å². The van der Waals surface area contributed by atoms with Crippen LogP contribution in [0.1, 0.15) is 29.1 Å². The van der Waals surface area contributed by atoms with Crippen LogP contribution in [0.3, 0.4) is 0 Å². The molecule has 11 heavy (non-hydrogen) atoms. The Kier molecular flexibility index (Phi) is 7.41. The fourth-order valence-corrected chi connectivity index (χ4v) is 2.12. The van der Waals surface area contributed by atoms with Crippen molar-refractivity contribution in [3.8, 4) is 0 Å². The molecule has 0 heterocycles.